The Morgan fingerprint density at radius 2 is 2.06 bits per heavy atom. The molecule has 0 aromatic rings. The monoisotopic (exact) mass is 221 g/mol. The summed E-state index contributed by atoms with van der Waals surface area (Å²) in [6.45, 7) is 8.31. The molecular weight excluding hydrogens is 194 g/mol. The molecule has 0 saturated carbocycles. The molecule has 1 nitrogen and oxygen atoms in total. The lowest BCUT2D eigenvalue weighted by Gasteiger charge is -2.14. The van der Waals surface area contributed by atoms with Gasteiger partial charge >= 0.3 is 0 Å². The van der Waals surface area contributed by atoms with Crippen molar-refractivity contribution in [2.24, 2.45) is 5.73 Å². The van der Waals surface area contributed by atoms with Gasteiger partial charge in [0, 0.05) is 6.04 Å². The summed E-state index contributed by atoms with van der Waals surface area (Å²) >= 11 is 0. The van der Waals surface area contributed by atoms with E-state index in [0.29, 0.717) is 0 Å². The number of hydrogen-bond donors (Lipinski definition) is 1. The smallest absolute Gasteiger partial charge is 0.0229 e. The molecule has 1 aliphatic rings. The number of rotatable bonds is 3. The second-order valence-corrected chi connectivity index (χ2v) is 3.77. The predicted molar refractivity (Wildman–Crippen MR) is 74.4 cm³/mol. The highest BCUT2D eigenvalue weighted by Crippen LogP contribution is 2.24. The summed E-state index contributed by atoms with van der Waals surface area (Å²) < 4.78 is 0. The maximum Gasteiger partial charge on any atom is 0.0229 e. The van der Waals surface area contributed by atoms with Crippen molar-refractivity contribution in [3.8, 4) is 0 Å². The Kier molecular flexibility index (Phi) is 8.93. The van der Waals surface area contributed by atoms with Crippen molar-refractivity contribution in [3.63, 3.8) is 0 Å². The SMILES string of the molecule is CC.CC/C=C1/CCC=C/C1=C/C(N)CC. The van der Waals surface area contributed by atoms with Crippen molar-refractivity contribution >= 4 is 0 Å². The van der Waals surface area contributed by atoms with Crippen molar-refractivity contribution in [3.05, 3.63) is 35.5 Å². The number of nitrogens with two attached hydrogens (primary N) is 1. The quantitative estimate of drug-likeness (QED) is 0.752. The first-order valence-electron chi connectivity index (χ1n) is 6.61. The Hall–Kier alpha value is -0.820. The van der Waals surface area contributed by atoms with E-state index in [2.05, 4.69) is 38.2 Å². The Balaban J connectivity index is 0.00000106. The Morgan fingerprint density at radius 1 is 1.38 bits per heavy atom. The molecule has 1 heteroatoms. The van der Waals surface area contributed by atoms with E-state index in [1.165, 1.54) is 24.0 Å². The van der Waals surface area contributed by atoms with E-state index >= 15 is 0 Å². The number of hydrogen-bond acceptors (Lipinski definition) is 1. The van der Waals surface area contributed by atoms with Crippen LogP contribution < -0.4 is 5.73 Å². The van der Waals surface area contributed by atoms with Crippen molar-refractivity contribution in [1.29, 1.82) is 0 Å². The zero-order valence-electron chi connectivity index (χ0n) is 11.3. The highest BCUT2D eigenvalue weighted by Gasteiger charge is 2.07. The van der Waals surface area contributed by atoms with Crippen molar-refractivity contribution in [2.75, 3.05) is 0 Å². The van der Waals surface area contributed by atoms with Gasteiger partial charge in [-0.2, -0.15) is 0 Å². The molecule has 0 spiro atoms. The van der Waals surface area contributed by atoms with Gasteiger partial charge in [0.15, 0.2) is 0 Å². The van der Waals surface area contributed by atoms with Crippen molar-refractivity contribution in [2.45, 2.75) is 59.4 Å². The van der Waals surface area contributed by atoms with Gasteiger partial charge in [0.05, 0.1) is 0 Å². The van der Waals surface area contributed by atoms with Gasteiger partial charge < -0.3 is 5.73 Å². The molecule has 0 bridgehead atoms. The minimum Gasteiger partial charge on any atom is -0.324 e. The maximum atomic E-state index is 5.92. The van der Waals surface area contributed by atoms with Crippen LogP contribution in [0.1, 0.15) is 53.4 Å². The normalized spacial score (nSPS) is 21.8. The van der Waals surface area contributed by atoms with Gasteiger partial charge in [0.2, 0.25) is 0 Å². The van der Waals surface area contributed by atoms with Gasteiger partial charge in [0.1, 0.15) is 0 Å². The molecule has 0 aromatic heterocycles. The maximum absolute atomic E-state index is 5.92. The molecule has 0 aliphatic heterocycles. The molecular formula is C15H27N. The van der Waals surface area contributed by atoms with Crippen LogP contribution in [0, 0.1) is 0 Å². The van der Waals surface area contributed by atoms with Crippen molar-refractivity contribution in [1.82, 2.24) is 0 Å². The predicted octanol–water partition coefficient (Wildman–Crippen LogP) is 4.36. The zero-order chi connectivity index (χ0) is 12.4. The molecule has 1 unspecified atom stereocenters. The summed E-state index contributed by atoms with van der Waals surface area (Å²) in [7, 11) is 0. The summed E-state index contributed by atoms with van der Waals surface area (Å²) in [6, 6.07) is 0.202. The summed E-state index contributed by atoms with van der Waals surface area (Å²) in [5, 5.41) is 0. The molecule has 2 N–H and O–H groups in total. The van der Waals surface area contributed by atoms with Gasteiger partial charge in [-0.25, -0.2) is 0 Å². The van der Waals surface area contributed by atoms with Crippen LogP contribution in [0.15, 0.2) is 35.5 Å². The Morgan fingerprint density at radius 3 is 2.62 bits per heavy atom. The second kappa shape index (κ2) is 9.41. The molecule has 1 atom stereocenters. The first-order chi connectivity index (χ1) is 7.77. The highest BCUT2D eigenvalue weighted by atomic mass is 14.6. The molecule has 92 valence electrons. The topological polar surface area (TPSA) is 26.0 Å². The lowest BCUT2D eigenvalue weighted by atomic mass is 9.93. The van der Waals surface area contributed by atoms with Crippen LogP contribution >= 0.6 is 0 Å². The van der Waals surface area contributed by atoms with E-state index in [-0.39, 0.29) is 6.04 Å². The average molecular weight is 221 g/mol. The molecule has 1 rings (SSSR count). The summed E-state index contributed by atoms with van der Waals surface area (Å²) in [6.07, 6.45) is 13.4. The fourth-order valence-electron chi connectivity index (χ4n) is 1.68. The van der Waals surface area contributed by atoms with Crippen LogP contribution in [-0.4, -0.2) is 6.04 Å². The van der Waals surface area contributed by atoms with Gasteiger partial charge in [-0.3, -0.25) is 0 Å². The van der Waals surface area contributed by atoms with Crippen LogP contribution in [0.2, 0.25) is 0 Å². The van der Waals surface area contributed by atoms with Crippen LogP contribution in [-0.2, 0) is 0 Å². The lowest BCUT2D eigenvalue weighted by Crippen LogP contribution is -2.16. The third-order valence-corrected chi connectivity index (χ3v) is 2.56. The summed E-state index contributed by atoms with van der Waals surface area (Å²) in [5.74, 6) is 0. The fourth-order valence-corrected chi connectivity index (χ4v) is 1.68. The van der Waals surface area contributed by atoms with E-state index in [9.17, 15) is 0 Å². The van der Waals surface area contributed by atoms with E-state index in [1.807, 2.05) is 13.8 Å². The van der Waals surface area contributed by atoms with Crippen molar-refractivity contribution < 1.29 is 0 Å². The Bertz CT molecular complexity index is 259. The van der Waals surface area contributed by atoms with Crippen LogP contribution in [0.3, 0.4) is 0 Å². The van der Waals surface area contributed by atoms with Crippen LogP contribution in [0.5, 0.6) is 0 Å². The van der Waals surface area contributed by atoms with E-state index in [4.69, 9.17) is 5.73 Å². The minimum atomic E-state index is 0.202. The molecule has 1 aliphatic carbocycles. The molecule has 0 saturated heterocycles. The first-order valence-corrected chi connectivity index (χ1v) is 6.61. The Labute approximate surface area is 101 Å². The zero-order valence-corrected chi connectivity index (χ0v) is 11.3. The van der Waals surface area contributed by atoms with E-state index < -0.39 is 0 Å². The second-order valence-electron chi connectivity index (χ2n) is 3.77. The van der Waals surface area contributed by atoms with E-state index in [0.717, 1.165) is 12.8 Å². The lowest BCUT2D eigenvalue weighted by molar-refractivity contribution is 0.775. The van der Waals surface area contributed by atoms with Gasteiger partial charge in [0.25, 0.3) is 0 Å². The minimum absolute atomic E-state index is 0.202. The molecule has 0 amide bonds. The molecule has 0 aromatic carbocycles. The van der Waals surface area contributed by atoms with E-state index in [1.54, 1.807) is 0 Å². The van der Waals surface area contributed by atoms with Gasteiger partial charge in [-0.15, -0.1) is 0 Å². The molecule has 0 heterocycles. The third kappa shape index (κ3) is 5.32. The summed E-state index contributed by atoms with van der Waals surface area (Å²) in [5.41, 5.74) is 8.74. The first kappa shape index (κ1) is 15.2. The van der Waals surface area contributed by atoms with Gasteiger partial charge in [-0.05, 0) is 36.8 Å². The average Bonchev–Trinajstić information content (AvgIpc) is 2.34. The number of allylic oxidation sites excluding steroid dienone is 5. The molecule has 0 fully saturated rings. The molecule has 0 radical (unpaired) electrons. The molecule has 16 heavy (non-hydrogen) atoms. The fraction of sp³-hybridized carbons (Fsp3) is 0.600. The largest absolute Gasteiger partial charge is 0.324 e. The van der Waals surface area contributed by atoms with Crippen LogP contribution in [0.25, 0.3) is 0 Å². The summed E-state index contributed by atoms with van der Waals surface area (Å²) in [4.78, 5) is 0. The van der Waals surface area contributed by atoms with Crippen LogP contribution in [0.4, 0.5) is 0 Å². The standard InChI is InChI=1S/C13H21N.C2H6/c1-3-7-11-8-5-6-9-12(11)10-13(14)4-2;1-2/h6-7,9-10,13H,3-5,8,14H2,1-2H3;1-2H3/b11-7-,12-10-;. The third-order valence-electron chi connectivity index (χ3n) is 2.56. The van der Waals surface area contributed by atoms with Gasteiger partial charge in [-0.1, -0.05) is 52.0 Å². The highest BCUT2D eigenvalue weighted by molar-refractivity contribution is 5.43.